The van der Waals surface area contributed by atoms with Crippen LogP contribution in [0.4, 0.5) is 0 Å². The molecule has 7 heteroatoms. The first-order valence-electron chi connectivity index (χ1n) is 9.22. The van der Waals surface area contributed by atoms with E-state index in [1.807, 2.05) is 35.8 Å². The van der Waals surface area contributed by atoms with Crippen molar-refractivity contribution in [1.29, 1.82) is 5.26 Å². The van der Waals surface area contributed by atoms with Gasteiger partial charge in [-0.25, -0.2) is 0 Å². The number of nitrogens with two attached hydrogens (primary N) is 1. The van der Waals surface area contributed by atoms with E-state index in [4.69, 9.17) is 19.9 Å². The quantitative estimate of drug-likeness (QED) is 0.648. The van der Waals surface area contributed by atoms with Crippen molar-refractivity contribution in [3.63, 3.8) is 0 Å². The number of carbonyl (C=O) groups is 1. The molecule has 0 aliphatic rings. The largest absolute Gasteiger partial charge is 0.493 e. The summed E-state index contributed by atoms with van der Waals surface area (Å²) in [6.45, 7) is 2.28. The first-order valence-corrected chi connectivity index (χ1v) is 9.22. The number of carbonyl (C=O) groups excluding carboxylic acids is 1. The van der Waals surface area contributed by atoms with Crippen molar-refractivity contribution >= 4 is 5.91 Å². The highest BCUT2D eigenvalue weighted by Gasteiger charge is 2.19. The van der Waals surface area contributed by atoms with Gasteiger partial charge in [-0.1, -0.05) is 12.1 Å². The molecule has 0 fully saturated rings. The van der Waals surface area contributed by atoms with Crippen LogP contribution in [0.15, 0.2) is 42.5 Å². The molecule has 0 aliphatic carbocycles. The Kier molecular flexibility index (Phi) is 5.98. The van der Waals surface area contributed by atoms with E-state index >= 15 is 0 Å². The van der Waals surface area contributed by atoms with Crippen LogP contribution in [0.1, 0.15) is 27.2 Å². The fraction of sp³-hybridized carbons (Fsp3) is 0.217. The Morgan fingerprint density at radius 2 is 1.73 bits per heavy atom. The van der Waals surface area contributed by atoms with Crippen molar-refractivity contribution in [2.45, 2.75) is 13.5 Å². The van der Waals surface area contributed by atoms with Crippen LogP contribution < -0.4 is 19.9 Å². The second-order valence-electron chi connectivity index (χ2n) is 6.71. The molecule has 0 saturated carbocycles. The fourth-order valence-electron chi connectivity index (χ4n) is 3.49. The van der Waals surface area contributed by atoms with Gasteiger partial charge >= 0.3 is 0 Å². The van der Waals surface area contributed by atoms with E-state index in [0.29, 0.717) is 34.9 Å². The molecule has 30 heavy (non-hydrogen) atoms. The lowest BCUT2D eigenvalue weighted by Gasteiger charge is -2.17. The Morgan fingerprint density at radius 3 is 2.27 bits per heavy atom. The summed E-state index contributed by atoms with van der Waals surface area (Å²) < 4.78 is 18.3. The summed E-state index contributed by atoms with van der Waals surface area (Å²) in [7, 11) is 4.67. The maximum atomic E-state index is 12.0. The molecule has 1 amide bonds. The minimum absolute atomic E-state index is 0.430. The van der Waals surface area contributed by atoms with Crippen LogP contribution in [-0.4, -0.2) is 31.8 Å². The Morgan fingerprint density at radius 1 is 1.07 bits per heavy atom. The SMILES string of the molecule is COc1cc(Cn2c(-c3cccc(C#N)c3)cc(C(N)=O)c2C)cc(OC)c1OC. The predicted octanol–water partition coefficient (Wildman–Crippen LogP) is 3.51. The first kappa shape index (κ1) is 20.8. The molecule has 2 N–H and O–H groups in total. The van der Waals surface area contributed by atoms with Crippen LogP contribution in [-0.2, 0) is 6.54 Å². The Labute approximate surface area is 175 Å². The average molecular weight is 405 g/mol. The van der Waals surface area contributed by atoms with E-state index in [1.165, 1.54) is 0 Å². The van der Waals surface area contributed by atoms with Crippen LogP contribution in [0.5, 0.6) is 17.2 Å². The first-order chi connectivity index (χ1) is 14.4. The molecule has 0 bridgehead atoms. The van der Waals surface area contributed by atoms with Gasteiger partial charge in [0.15, 0.2) is 11.5 Å². The molecule has 154 valence electrons. The standard InChI is InChI=1S/C23H23N3O4/c1-14-18(23(25)27)11-19(17-7-5-6-15(8-17)12-24)26(14)13-16-9-20(28-2)22(30-4)21(10-16)29-3/h5-11H,13H2,1-4H3,(H2,25,27). The predicted molar refractivity (Wildman–Crippen MR) is 113 cm³/mol. The molecule has 3 aromatic rings. The number of nitriles is 1. The van der Waals surface area contributed by atoms with Gasteiger partial charge in [-0.15, -0.1) is 0 Å². The number of ether oxygens (including phenoxy) is 3. The molecule has 0 radical (unpaired) electrons. The van der Waals surface area contributed by atoms with Crippen LogP contribution in [0.3, 0.4) is 0 Å². The highest BCUT2D eigenvalue weighted by atomic mass is 16.5. The van der Waals surface area contributed by atoms with E-state index in [0.717, 1.165) is 22.5 Å². The van der Waals surface area contributed by atoms with Crippen molar-refractivity contribution in [1.82, 2.24) is 4.57 Å². The Balaban J connectivity index is 2.16. The zero-order valence-corrected chi connectivity index (χ0v) is 17.4. The molecule has 1 aromatic heterocycles. The lowest BCUT2D eigenvalue weighted by Crippen LogP contribution is -2.13. The highest BCUT2D eigenvalue weighted by Crippen LogP contribution is 2.39. The number of rotatable bonds is 7. The van der Waals surface area contributed by atoms with E-state index in [9.17, 15) is 10.1 Å². The summed E-state index contributed by atoms with van der Waals surface area (Å²) in [4.78, 5) is 12.0. The maximum Gasteiger partial charge on any atom is 0.250 e. The molecule has 0 unspecified atom stereocenters. The van der Waals surface area contributed by atoms with E-state index in [1.54, 1.807) is 39.5 Å². The van der Waals surface area contributed by atoms with Crippen LogP contribution in [0, 0.1) is 18.3 Å². The number of nitrogens with zero attached hydrogens (tertiary/aromatic N) is 2. The fourth-order valence-corrected chi connectivity index (χ4v) is 3.49. The third-order valence-electron chi connectivity index (χ3n) is 4.98. The number of hydrogen-bond acceptors (Lipinski definition) is 5. The summed E-state index contributed by atoms with van der Waals surface area (Å²) >= 11 is 0. The number of hydrogen-bond donors (Lipinski definition) is 1. The summed E-state index contributed by atoms with van der Waals surface area (Å²) in [6.07, 6.45) is 0. The molecule has 0 saturated heterocycles. The molecule has 0 aliphatic heterocycles. The Bertz CT molecular complexity index is 1120. The zero-order valence-electron chi connectivity index (χ0n) is 17.4. The van der Waals surface area contributed by atoms with Crippen molar-refractivity contribution in [3.8, 4) is 34.6 Å². The van der Waals surface area contributed by atoms with Gasteiger partial charge in [-0.3, -0.25) is 4.79 Å². The van der Waals surface area contributed by atoms with Gasteiger partial charge in [0.2, 0.25) is 5.75 Å². The maximum absolute atomic E-state index is 12.0. The van der Waals surface area contributed by atoms with Gasteiger partial charge in [-0.2, -0.15) is 5.26 Å². The number of amides is 1. The average Bonchev–Trinajstić information content (AvgIpc) is 3.09. The van der Waals surface area contributed by atoms with Crippen LogP contribution in [0.2, 0.25) is 0 Å². The Hall–Kier alpha value is -3.92. The minimum atomic E-state index is -0.506. The van der Waals surface area contributed by atoms with Crippen molar-refractivity contribution in [2.24, 2.45) is 5.73 Å². The number of aromatic nitrogens is 1. The lowest BCUT2D eigenvalue weighted by atomic mass is 10.1. The minimum Gasteiger partial charge on any atom is -0.493 e. The van der Waals surface area contributed by atoms with Gasteiger partial charge in [-0.05, 0) is 48.4 Å². The number of primary amides is 1. The highest BCUT2D eigenvalue weighted by molar-refractivity contribution is 5.95. The third-order valence-corrected chi connectivity index (χ3v) is 4.98. The molecular formula is C23H23N3O4. The molecule has 3 rings (SSSR count). The summed E-state index contributed by atoms with van der Waals surface area (Å²) in [5.74, 6) is 1.08. The monoisotopic (exact) mass is 405 g/mol. The van der Waals surface area contributed by atoms with Gasteiger partial charge < -0.3 is 24.5 Å². The number of methoxy groups -OCH3 is 3. The molecule has 2 aromatic carbocycles. The van der Waals surface area contributed by atoms with Gasteiger partial charge in [0.25, 0.3) is 5.91 Å². The zero-order chi connectivity index (χ0) is 21.8. The molecule has 0 spiro atoms. The van der Waals surface area contributed by atoms with Crippen LogP contribution in [0.25, 0.3) is 11.3 Å². The molecule has 7 nitrogen and oxygen atoms in total. The molecular weight excluding hydrogens is 382 g/mol. The van der Waals surface area contributed by atoms with Gasteiger partial charge in [0, 0.05) is 17.9 Å². The van der Waals surface area contributed by atoms with Gasteiger partial charge in [0.1, 0.15) is 0 Å². The normalized spacial score (nSPS) is 10.4. The van der Waals surface area contributed by atoms with Crippen molar-refractivity contribution in [3.05, 3.63) is 64.8 Å². The van der Waals surface area contributed by atoms with E-state index in [-0.39, 0.29) is 0 Å². The molecule has 1 heterocycles. The van der Waals surface area contributed by atoms with E-state index < -0.39 is 5.91 Å². The molecule has 0 atom stereocenters. The van der Waals surface area contributed by atoms with Crippen molar-refractivity contribution < 1.29 is 19.0 Å². The van der Waals surface area contributed by atoms with Crippen molar-refractivity contribution in [2.75, 3.05) is 21.3 Å². The summed E-state index contributed by atoms with van der Waals surface area (Å²) in [6, 6.07) is 14.8. The summed E-state index contributed by atoms with van der Waals surface area (Å²) in [5, 5.41) is 9.26. The smallest absolute Gasteiger partial charge is 0.250 e. The third kappa shape index (κ3) is 3.80. The second kappa shape index (κ2) is 8.62. The number of benzene rings is 2. The van der Waals surface area contributed by atoms with E-state index in [2.05, 4.69) is 6.07 Å². The van der Waals surface area contributed by atoms with Gasteiger partial charge in [0.05, 0.1) is 38.5 Å². The topological polar surface area (TPSA) is 99.5 Å². The summed E-state index contributed by atoms with van der Waals surface area (Å²) in [5.41, 5.74) is 9.77. The van der Waals surface area contributed by atoms with Crippen LogP contribution >= 0.6 is 0 Å². The lowest BCUT2D eigenvalue weighted by molar-refractivity contribution is 0.0999. The second-order valence-corrected chi connectivity index (χ2v) is 6.71.